The van der Waals surface area contributed by atoms with E-state index in [9.17, 15) is 13.2 Å². The fourth-order valence-electron chi connectivity index (χ4n) is 4.34. The Morgan fingerprint density at radius 2 is 1.92 bits per heavy atom. The van der Waals surface area contributed by atoms with Gasteiger partial charge in [0.1, 0.15) is 9.77 Å². The van der Waals surface area contributed by atoms with Gasteiger partial charge in [-0.2, -0.15) is 4.31 Å². The Labute approximate surface area is 158 Å². The van der Waals surface area contributed by atoms with E-state index in [2.05, 4.69) is 0 Å². The molecule has 3 atom stereocenters. The van der Waals surface area contributed by atoms with Gasteiger partial charge in [-0.05, 0) is 49.0 Å². The number of nitrogens with zero attached hydrogens (tertiary/aromatic N) is 2. The minimum atomic E-state index is -3.56. The summed E-state index contributed by atoms with van der Waals surface area (Å²) >= 11 is 1.23. The molecule has 0 spiro atoms. The number of halogens is 1. The monoisotopic (exact) mass is 405 g/mol. The first-order valence-corrected chi connectivity index (χ1v) is 10.9. The number of thiophene rings is 1. The third-order valence-electron chi connectivity index (χ3n) is 5.71. The lowest BCUT2D eigenvalue weighted by Crippen LogP contribution is -2.34. The highest BCUT2D eigenvalue weighted by molar-refractivity contribution is 7.89. The van der Waals surface area contributed by atoms with E-state index >= 15 is 0 Å². The van der Waals surface area contributed by atoms with Gasteiger partial charge in [-0.15, -0.1) is 23.7 Å². The van der Waals surface area contributed by atoms with Crippen molar-refractivity contribution in [2.24, 2.45) is 17.6 Å². The van der Waals surface area contributed by atoms with E-state index in [0.717, 1.165) is 25.7 Å². The minimum Gasteiger partial charge on any atom is -0.337 e. The maximum absolute atomic E-state index is 12.9. The molecule has 3 unspecified atom stereocenters. The molecule has 1 amide bonds. The lowest BCUT2D eigenvalue weighted by atomic mass is 9.98. The summed E-state index contributed by atoms with van der Waals surface area (Å²) in [7, 11) is -3.56. The van der Waals surface area contributed by atoms with Crippen molar-refractivity contribution in [1.29, 1.82) is 0 Å². The number of nitrogens with two attached hydrogens (primary N) is 1. The summed E-state index contributed by atoms with van der Waals surface area (Å²) in [6, 6.07) is 1.75. The molecule has 1 aliphatic carbocycles. The summed E-state index contributed by atoms with van der Waals surface area (Å²) in [5.41, 5.74) is 6.14. The van der Waals surface area contributed by atoms with Crippen LogP contribution in [-0.4, -0.2) is 55.8 Å². The molecular formula is C16H24ClN3O3S2. The third-order valence-corrected chi connectivity index (χ3v) is 8.68. The summed E-state index contributed by atoms with van der Waals surface area (Å²) < 4.78 is 27.2. The summed E-state index contributed by atoms with van der Waals surface area (Å²) in [6.45, 7) is 2.47. The van der Waals surface area contributed by atoms with Crippen LogP contribution in [-0.2, 0) is 10.0 Å². The second-order valence-corrected chi connectivity index (χ2v) is 9.92. The zero-order chi connectivity index (χ0) is 16.9. The van der Waals surface area contributed by atoms with Gasteiger partial charge in [0.05, 0.1) is 0 Å². The van der Waals surface area contributed by atoms with E-state index in [4.69, 9.17) is 5.73 Å². The predicted octanol–water partition coefficient (Wildman–Crippen LogP) is 1.76. The lowest BCUT2D eigenvalue weighted by molar-refractivity contribution is 0.0781. The van der Waals surface area contributed by atoms with Crippen LogP contribution in [0.15, 0.2) is 16.3 Å². The van der Waals surface area contributed by atoms with Crippen LogP contribution in [0.2, 0.25) is 0 Å². The van der Waals surface area contributed by atoms with E-state index < -0.39 is 10.0 Å². The van der Waals surface area contributed by atoms with Crippen molar-refractivity contribution >= 4 is 39.7 Å². The van der Waals surface area contributed by atoms with E-state index in [-0.39, 0.29) is 29.3 Å². The maximum atomic E-state index is 12.9. The van der Waals surface area contributed by atoms with Crippen LogP contribution < -0.4 is 5.73 Å². The second-order valence-electron chi connectivity index (χ2n) is 7.10. The smallest absolute Gasteiger partial charge is 0.265 e. The van der Waals surface area contributed by atoms with Gasteiger partial charge in [-0.3, -0.25) is 4.79 Å². The van der Waals surface area contributed by atoms with Crippen molar-refractivity contribution in [2.45, 2.75) is 36.6 Å². The molecular weight excluding hydrogens is 382 g/mol. The lowest BCUT2D eigenvalue weighted by Gasteiger charge is -2.20. The first-order chi connectivity index (χ1) is 11.5. The molecule has 3 fully saturated rings. The molecule has 1 aromatic heterocycles. The standard InChI is InChI=1S/C16H23N3O3S2.ClH/c17-13-4-3-11-9-18(10-12(11)13)16(20)15-14(5-8-23-15)24(21,22)19-6-1-2-7-19;/h5,8,11-13H,1-4,6-7,9-10,17H2;1H. The molecule has 2 aliphatic heterocycles. The van der Waals surface area contributed by atoms with Crippen molar-refractivity contribution in [3.05, 3.63) is 16.3 Å². The van der Waals surface area contributed by atoms with Crippen LogP contribution in [0.4, 0.5) is 0 Å². The van der Waals surface area contributed by atoms with Crippen LogP contribution in [0.25, 0.3) is 0 Å². The number of fused-ring (bicyclic) bond motifs is 1. The van der Waals surface area contributed by atoms with Gasteiger partial charge in [0.25, 0.3) is 5.91 Å². The van der Waals surface area contributed by atoms with Gasteiger partial charge in [0.2, 0.25) is 10.0 Å². The Kier molecular flexibility index (Phi) is 5.46. The summed E-state index contributed by atoms with van der Waals surface area (Å²) in [6.07, 6.45) is 3.88. The van der Waals surface area contributed by atoms with Crippen molar-refractivity contribution < 1.29 is 13.2 Å². The van der Waals surface area contributed by atoms with E-state index in [1.165, 1.54) is 15.6 Å². The Morgan fingerprint density at radius 1 is 1.20 bits per heavy atom. The summed E-state index contributed by atoms with van der Waals surface area (Å²) in [4.78, 5) is 15.3. The molecule has 3 aliphatic rings. The first kappa shape index (κ1) is 19.1. The molecule has 2 N–H and O–H groups in total. The highest BCUT2D eigenvalue weighted by Gasteiger charge is 2.43. The molecule has 1 saturated carbocycles. The molecule has 0 bridgehead atoms. The van der Waals surface area contributed by atoms with Gasteiger partial charge in [0.15, 0.2) is 0 Å². The number of amides is 1. The Balaban J connectivity index is 0.00000182. The number of rotatable bonds is 3. The minimum absolute atomic E-state index is 0. The largest absolute Gasteiger partial charge is 0.337 e. The van der Waals surface area contributed by atoms with E-state index in [1.807, 2.05) is 4.90 Å². The Morgan fingerprint density at radius 3 is 2.60 bits per heavy atom. The quantitative estimate of drug-likeness (QED) is 0.830. The Hall–Kier alpha value is -0.670. The Bertz CT molecular complexity index is 746. The molecule has 3 heterocycles. The van der Waals surface area contributed by atoms with Crippen molar-refractivity contribution in [2.75, 3.05) is 26.2 Å². The summed E-state index contributed by atoms with van der Waals surface area (Å²) in [5, 5.41) is 1.71. The molecule has 4 rings (SSSR count). The number of hydrogen-bond acceptors (Lipinski definition) is 5. The molecule has 0 radical (unpaired) electrons. The van der Waals surface area contributed by atoms with Gasteiger partial charge in [-0.1, -0.05) is 0 Å². The third kappa shape index (κ3) is 3.23. The zero-order valence-corrected chi connectivity index (χ0v) is 16.4. The predicted molar refractivity (Wildman–Crippen MR) is 99.7 cm³/mol. The number of sulfonamides is 1. The molecule has 2 saturated heterocycles. The molecule has 9 heteroatoms. The van der Waals surface area contributed by atoms with Gasteiger partial charge >= 0.3 is 0 Å². The van der Waals surface area contributed by atoms with Gasteiger partial charge in [0, 0.05) is 32.2 Å². The van der Waals surface area contributed by atoms with Gasteiger partial charge < -0.3 is 10.6 Å². The van der Waals surface area contributed by atoms with Crippen molar-refractivity contribution in [3.8, 4) is 0 Å². The first-order valence-electron chi connectivity index (χ1n) is 8.61. The second kappa shape index (κ2) is 7.15. The van der Waals surface area contributed by atoms with Crippen LogP contribution in [0, 0.1) is 11.8 Å². The SMILES string of the molecule is Cl.NC1CCC2CN(C(=O)c3sccc3S(=O)(=O)N3CCCC3)CC12. The average molecular weight is 406 g/mol. The van der Waals surface area contributed by atoms with E-state index in [1.54, 1.807) is 11.4 Å². The number of carbonyl (C=O) groups is 1. The highest BCUT2D eigenvalue weighted by atomic mass is 35.5. The van der Waals surface area contributed by atoms with Crippen LogP contribution in [0.1, 0.15) is 35.4 Å². The molecule has 140 valence electrons. The van der Waals surface area contributed by atoms with Gasteiger partial charge in [-0.25, -0.2) is 8.42 Å². The molecule has 0 aromatic carbocycles. The van der Waals surface area contributed by atoms with Crippen molar-refractivity contribution in [3.63, 3.8) is 0 Å². The number of carbonyl (C=O) groups excluding carboxylic acids is 1. The fraction of sp³-hybridized carbons (Fsp3) is 0.688. The van der Waals surface area contributed by atoms with Crippen LogP contribution in [0.5, 0.6) is 0 Å². The number of likely N-dealkylation sites (tertiary alicyclic amines) is 1. The van der Waals surface area contributed by atoms with Crippen LogP contribution in [0.3, 0.4) is 0 Å². The number of hydrogen-bond donors (Lipinski definition) is 1. The zero-order valence-electron chi connectivity index (χ0n) is 14.0. The molecule has 6 nitrogen and oxygen atoms in total. The average Bonchev–Trinajstić information content (AvgIpc) is 3.33. The van der Waals surface area contributed by atoms with Crippen LogP contribution >= 0.6 is 23.7 Å². The topological polar surface area (TPSA) is 83.7 Å². The summed E-state index contributed by atoms with van der Waals surface area (Å²) in [5.74, 6) is 0.694. The van der Waals surface area contributed by atoms with E-state index in [0.29, 0.717) is 42.9 Å². The molecule has 1 aromatic rings. The maximum Gasteiger partial charge on any atom is 0.265 e. The normalized spacial score (nSPS) is 29.6. The molecule has 25 heavy (non-hydrogen) atoms. The van der Waals surface area contributed by atoms with Crippen molar-refractivity contribution in [1.82, 2.24) is 9.21 Å². The highest BCUT2D eigenvalue weighted by Crippen LogP contribution is 2.38. The fourth-order valence-corrected chi connectivity index (χ4v) is 7.22.